The highest BCUT2D eigenvalue weighted by atomic mass is 79.9. The van der Waals surface area contributed by atoms with Gasteiger partial charge in [-0.3, -0.25) is 14.4 Å². The van der Waals surface area contributed by atoms with E-state index in [0.29, 0.717) is 40.3 Å². The van der Waals surface area contributed by atoms with Gasteiger partial charge in [0, 0.05) is 232 Å². The lowest BCUT2D eigenvalue weighted by Gasteiger charge is -2.61. The van der Waals surface area contributed by atoms with Gasteiger partial charge in [0.05, 0.1) is 42.6 Å². The first-order valence-electron chi connectivity index (χ1n) is 36.0. The molecule has 1 amide bonds. The number of hydrogen-bond acceptors (Lipinski definition) is 7. The summed E-state index contributed by atoms with van der Waals surface area (Å²) in [5, 5.41) is 22.8. The Labute approximate surface area is 630 Å². The molecule has 8 aliphatic carbocycles. The molecule has 32 radical (unpaired) electrons. The fourth-order valence-corrected chi connectivity index (χ4v) is 22.7. The summed E-state index contributed by atoms with van der Waals surface area (Å²) in [5.74, 6) is 8.03. The average molecular weight is 1330 g/mol. The van der Waals surface area contributed by atoms with E-state index in [-0.39, 0.29) is 36.0 Å². The summed E-state index contributed by atoms with van der Waals surface area (Å²) in [6.07, 6.45) is 6.86. The summed E-state index contributed by atoms with van der Waals surface area (Å²) in [6, 6.07) is 15.5. The van der Waals surface area contributed by atoms with E-state index in [1.54, 1.807) is 28.4 Å². The van der Waals surface area contributed by atoms with Gasteiger partial charge in [0.1, 0.15) is 11.5 Å². The first kappa shape index (κ1) is 86.4. The van der Waals surface area contributed by atoms with Gasteiger partial charge >= 0.3 is 0 Å². The van der Waals surface area contributed by atoms with Crippen molar-refractivity contribution in [2.24, 2.45) is 80.8 Å². The molecule has 10 rings (SSSR count). The van der Waals surface area contributed by atoms with Crippen molar-refractivity contribution in [3.05, 3.63) is 58.6 Å². The highest BCUT2D eigenvalue weighted by molar-refractivity contribution is 9.10. The van der Waals surface area contributed by atoms with E-state index in [1.807, 2.05) is 62.4 Å². The van der Waals surface area contributed by atoms with Crippen LogP contribution < -0.4 is 9.47 Å². The Hall–Kier alpha value is -0.512. The maximum atomic E-state index is 13.7. The maximum Gasteiger partial charge on any atom is 0.249 e. The van der Waals surface area contributed by atoms with Crippen molar-refractivity contribution in [2.75, 3.05) is 28.4 Å². The zero-order valence-electron chi connectivity index (χ0n) is 60.2. The van der Waals surface area contributed by atoms with Gasteiger partial charge in [0.2, 0.25) is 5.91 Å². The molecule has 2 aromatic rings. The van der Waals surface area contributed by atoms with Crippen LogP contribution in [0.4, 0.5) is 0 Å². The summed E-state index contributed by atoms with van der Waals surface area (Å²) in [5.41, 5.74) is 0.839. The summed E-state index contributed by atoms with van der Waals surface area (Å²) >= 11 is 3.33. The summed E-state index contributed by atoms with van der Waals surface area (Å²) in [7, 11) is 103. The molecule has 8 aliphatic rings. The molecule has 8 nitrogen and oxygen atoms in total. The number of hydroxylamine groups is 2. The predicted molar refractivity (Wildman–Crippen MR) is 449 cm³/mol. The van der Waals surface area contributed by atoms with Crippen LogP contribution >= 0.6 is 15.9 Å². The molecule has 0 aliphatic heterocycles. The molecular formula is C59H90B30BrNO7. The first-order chi connectivity index (χ1) is 45.2. The van der Waals surface area contributed by atoms with Crippen molar-refractivity contribution in [2.45, 2.75) is 176 Å². The Balaban J connectivity index is 0.000000217. The molecule has 0 aromatic heterocycles. The number of Topliss-reactive ketones (excluding diaryl/α,β-unsaturated/α-hetero) is 1. The molecule has 8 fully saturated rings. The van der Waals surface area contributed by atoms with Crippen molar-refractivity contribution < 1.29 is 34.1 Å². The lowest BCUT2D eigenvalue weighted by Crippen LogP contribution is -2.88. The molecule has 98 heavy (non-hydrogen) atoms. The number of ketones is 1. The predicted octanol–water partition coefficient (Wildman–Crippen LogP) is 2.37. The number of hydrogen-bond donors (Lipinski definition) is 2. The molecule has 0 bridgehead atoms. The molecular weight excluding hydrogens is 1240 g/mol. The van der Waals surface area contributed by atoms with Crippen molar-refractivity contribution in [3.63, 3.8) is 0 Å². The fourth-order valence-electron chi connectivity index (χ4n) is 22.3. The Morgan fingerprint density at radius 3 is 1.12 bits per heavy atom. The fraction of sp³-hybridized carbons (Fsp3) is 0.763. The maximum absolute atomic E-state index is 13.7. The van der Waals surface area contributed by atoms with E-state index in [2.05, 4.69) is 43.6 Å². The van der Waals surface area contributed by atoms with E-state index >= 15 is 0 Å². The van der Waals surface area contributed by atoms with Crippen molar-refractivity contribution >= 4 is 241 Å². The van der Waals surface area contributed by atoms with Gasteiger partial charge < -0.3 is 19.7 Å². The molecule has 2 N–H and O–H groups in total. The van der Waals surface area contributed by atoms with Gasteiger partial charge in [0.15, 0.2) is 5.78 Å². The summed E-state index contributed by atoms with van der Waals surface area (Å²) in [6.45, 7) is 14.0. The second kappa shape index (κ2) is 35.5. The first-order valence-corrected chi connectivity index (χ1v) is 36.8. The van der Waals surface area contributed by atoms with Crippen LogP contribution in [0, 0.1) is 80.8 Å². The van der Waals surface area contributed by atoms with Crippen LogP contribution in [0.2, 0.25) is 0 Å². The lowest BCUT2D eigenvalue weighted by molar-refractivity contribution is -0.182. The summed E-state index contributed by atoms with van der Waals surface area (Å²) < 4.78 is 11.5. The molecule has 39 heteroatoms. The highest BCUT2D eigenvalue weighted by Crippen LogP contribution is 2.70. The van der Waals surface area contributed by atoms with Gasteiger partial charge in [-0.15, -0.1) is 0 Å². The van der Waals surface area contributed by atoms with Crippen molar-refractivity contribution in [1.82, 2.24) is 5.06 Å². The zero-order chi connectivity index (χ0) is 72.4. The third-order valence-corrected chi connectivity index (χ3v) is 28.0. The van der Waals surface area contributed by atoms with Gasteiger partial charge in [-0.1, -0.05) is 59.4 Å². The third-order valence-electron chi connectivity index (χ3n) is 27.3. The largest absolute Gasteiger partial charge is 0.496 e. The third kappa shape index (κ3) is 18.4. The molecule has 0 saturated heterocycles. The quantitative estimate of drug-likeness (QED) is 0.127. The van der Waals surface area contributed by atoms with E-state index in [4.69, 9.17) is 138 Å². The number of rotatable bonds is 19. The van der Waals surface area contributed by atoms with E-state index < -0.39 is 101 Å². The number of methoxy groups -OCH3 is 2. The van der Waals surface area contributed by atoms with Crippen LogP contribution in [0.1, 0.15) is 175 Å². The van der Waals surface area contributed by atoms with Crippen LogP contribution in [-0.4, -0.2) is 280 Å². The second-order valence-corrected chi connectivity index (χ2v) is 33.7. The highest BCUT2D eigenvalue weighted by Gasteiger charge is 2.64. The van der Waals surface area contributed by atoms with Crippen LogP contribution in [0.15, 0.2) is 53.0 Å². The number of nitrogens with zero attached hydrogens (tertiary/aromatic N) is 1. The standard InChI is InChI=1S/C28H40O3.C23H39NO3.C7H7BrO.CH4.B30/c1-26(30)15-16-27(2)18(17-26)9-10-19-21-11-12-23(28(21,3)14-13-22(19)27)25(29)20-7-5-6-8-24(20)31-4;1-21(26)12-13-22(2)15(14-21)6-7-16-17-8-9-19(20(25)24(4)27-5)23(17,3)11-10-18(16)22;1-9-7-5-3-2-4-6(7)8;;1-17(2)25(18(3)4)29(26(19(5)6)20(7)8)30(27(21(9)10)22(11)12)28(23(13)14)24(15)16/h5-8,18-19,21-23,30H,9-17H2,1-4H3;15-19,26H,6-14H2,1-5H3;2-5H,1H3;1H4;/t18-,19-,21-,22-,23+,26+,27-,28-;15-,16-,17-,18-,19+,21+,22-,23-;;;/m00.../s1. The minimum atomic E-state index is -1.07. The van der Waals surface area contributed by atoms with E-state index in [1.165, 1.54) is 82.1 Å². The summed E-state index contributed by atoms with van der Waals surface area (Å²) in [4.78, 5) is 31.9. The van der Waals surface area contributed by atoms with Crippen molar-refractivity contribution in [3.8, 4) is 11.5 Å². The van der Waals surface area contributed by atoms with E-state index in [0.717, 1.165) is 83.7 Å². The number of fused-ring (bicyclic) bond motifs is 10. The Morgan fingerprint density at radius 2 is 0.776 bits per heavy atom. The molecule has 470 valence electrons. The molecule has 8 saturated carbocycles. The zero-order valence-corrected chi connectivity index (χ0v) is 61.8. The van der Waals surface area contributed by atoms with Crippen LogP contribution in [0.3, 0.4) is 0 Å². The number of ether oxygens (including phenoxy) is 2. The Morgan fingerprint density at radius 1 is 0.439 bits per heavy atom. The Bertz CT molecular complexity index is 2790. The molecule has 2 aromatic carbocycles. The lowest BCUT2D eigenvalue weighted by atomic mass is 8.31. The van der Waals surface area contributed by atoms with Crippen LogP contribution in [-0.2, 0) is 9.63 Å². The molecule has 0 spiro atoms. The minimum Gasteiger partial charge on any atom is -0.496 e. The minimum absolute atomic E-state index is 0. The Kier molecular flexibility index (Phi) is 31.3. The SMILES string of the molecule is C.CON(C)C(=O)[C@H]1CC[C@H]2[C@@H]3CC[C@H]4C[C@](C)(O)CC[C@]4(C)[C@H]3CC[C@]12C.COc1ccccc1Br.COc1ccccc1C(=O)[C@H]1CC[C@H]2[C@@H]3CC[C@H]4C[C@](C)(O)CC[C@]4(C)[C@H]3CC[C@]12C.[B]B([B])B(B([B])[B])B(B(B([B])[B])B([B])[B])B(B(B([B])[B])B([B])[B])B(B([B])[B])B([B])[B]. The van der Waals surface area contributed by atoms with Gasteiger partial charge in [-0.25, -0.2) is 5.06 Å². The number of benzene rings is 2. The number of carbonyl (C=O) groups excluding carboxylic acids is 2. The van der Waals surface area contributed by atoms with Gasteiger partial charge in [-0.2, -0.15) is 0 Å². The number of amides is 1. The second-order valence-electron chi connectivity index (χ2n) is 32.9. The van der Waals surface area contributed by atoms with Crippen LogP contribution in [0.5, 0.6) is 11.5 Å². The monoisotopic (exact) mass is 1330 g/mol. The van der Waals surface area contributed by atoms with Gasteiger partial charge in [-0.05, 0) is 239 Å². The molecule has 16 atom stereocenters. The molecule has 0 unspecified atom stereocenters. The number of para-hydroxylation sites is 2. The normalized spacial score (nSPS) is 32.7. The van der Waals surface area contributed by atoms with Crippen molar-refractivity contribution in [1.29, 1.82) is 0 Å². The number of aliphatic hydroxyl groups is 2. The number of carbonyl (C=O) groups is 2. The molecule has 0 heterocycles. The van der Waals surface area contributed by atoms with Gasteiger partial charge in [0.25, 0.3) is 0 Å². The van der Waals surface area contributed by atoms with E-state index in [9.17, 15) is 19.8 Å². The average Bonchev–Trinajstić information content (AvgIpc) is 1.36. The topological polar surface area (TPSA) is 106 Å². The number of halogens is 1. The van der Waals surface area contributed by atoms with Crippen LogP contribution in [0.25, 0.3) is 0 Å². The smallest absolute Gasteiger partial charge is 0.249 e.